The van der Waals surface area contributed by atoms with Gasteiger partial charge in [0.05, 0.1) is 11.4 Å². The van der Waals surface area contributed by atoms with Crippen molar-refractivity contribution in [2.45, 2.75) is 0 Å². The van der Waals surface area contributed by atoms with E-state index in [1.807, 2.05) is 37.5 Å². The summed E-state index contributed by atoms with van der Waals surface area (Å²) in [5.74, 6) is -0.374. The molecule has 20 heavy (non-hydrogen) atoms. The molecule has 0 aliphatic carbocycles. The minimum atomic E-state index is -0.374. The summed E-state index contributed by atoms with van der Waals surface area (Å²) in [5, 5.41) is 24.0. The first kappa shape index (κ1) is 13.3. The van der Waals surface area contributed by atoms with E-state index in [9.17, 15) is 0 Å². The molecule has 0 saturated heterocycles. The molecular formula is C13H13N7. The normalized spacial score (nSPS) is 10.9. The number of aryl methyl sites for hydroxylation is 1. The maximum absolute atomic E-state index is 8.76. The van der Waals surface area contributed by atoms with Crippen LogP contribution in [0.1, 0.15) is 0 Å². The first-order valence-electron chi connectivity index (χ1n) is 5.78. The Bertz CT molecular complexity index is 706. The fraction of sp³-hybridized carbons (Fsp3) is 0.0769. The van der Waals surface area contributed by atoms with Crippen LogP contribution in [0.3, 0.4) is 0 Å². The number of nitrogens with one attached hydrogen (secondary N) is 2. The summed E-state index contributed by atoms with van der Waals surface area (Å²) >= 11 is 0. The molecule has 0 fully saturated rings. The van der Waals surface area contributed by atoms with Crippen molar-refractivity contribution in [3.63, 3.8) is 0 Å². The van der Waals surface area contributed by atoms with Crippen molar-refractivity contribution in [1.29, 1.82) is 10.7 Å². The van der Waals surface area contributed by atoms with E-state index < -0.39 is 0 Å². The number of hydrogen-bond acceptors (Lipinski definition) is 5. The summed E-state index contributed by atoms with van der Waals surface area (Å²) in [4.78, 5) is 0. The van der Waals surface area contributed by atoms with Crippen molar-refractivity contribution in [3.8, 4) is 17.3 Å². The van der Waals surface area contributed by atoms with Gasteiger partial charge in [-0.15, -0.1) is 0 Å². The SMILES string of the molecule is Cn1ccc(-c2cccc(N/N=C(\C#N)C(=N)N)c2)n1. The number of hydrogen-bond donors (Lipinski definition) is 3. The van der Waals surface area contributed by atoms with E-state index in [0.717, 1.165) is 11.3 Å². The van der Waals surface area contributed by atoms with Crippen LogP contribution >= 0.6 is 0 Å². The number of nitrogens with zero attached hydrogens (tertiary/aromatic N) is 4. The van der Waals surface area contributed by atoms with Gasteiger partial charge in [-0.2, -0.15) is 15.5 Å². The molecule has 0 saturated carbocycles. The van der Waals surface area contributed by atoms with Crippen molar-refractivity contribution in [2.75, 3.05) is 5.43 Å². The molecule has 0 atom stereocenters. The van der Waals surface area contributed by atoms with Crippen molar-refractivity contribution < 1.29 is 0 Å². The van der Waals surface area contributed by atoms with E-state index >= 15 is 0 Å². The van der Waals surface area contributed by atoms with Gasteiger partial charge in [0.2, 0.25) is 5.71 Å². The molecule has 7 heteroatoms. The average Bonchev–Trinajstić information content (AvgIpc) is 2.86. The van der Waals surface area contributed by atoms with Crippen molar-refractivity contribution in [3.05, 3.63) is 36.5 Å². The monoisotopic (exact) mass is 267 g/mol. The smallest absolute Gasteiger partial charge is 0.201 e. The Kier molecular flexibility index (Phi) is 3.77. The Morgan fingerprint density at radius 3 is 2.90 bits per heavy atom. The third-order valence-electron chi connectivity index (χ3n) is 2.53. The third kappa shape index (κ3) is 3.00. The maximum Gasteiger partial charge on any atom is 0.201 e. The van der Waals surface area contributed by atoms with E-state index in [-0.39, 0.29) is 11.5 Å². The molecule has 4 N–H and O–H groups in total. The molecule has 2 aromatic rings. The van der Waals surface area contributed by atoms with Gasteiger partial charge in [0.25, 0.3) is 0 Å². The van der Waals surface area contributed by atoms with Gasteiger partial charge in [-0.3, -0.25) is 15.5 Å². The Hall–Kier alpha value is -3.14. The molecule has 0 spiro atoms. The number of hydrazone groups is 1. The molecule has 0 amide bonds. The Balaban J connectivity index is 2.23. The van der Waals surface area contributed by atoms with Crippen LogP contribution < -0.4 is 11.2 Å². The topological polar surface area (TPSA) is 116 Å². The lowest BCUT2D eigenvalue weighted by atomic mass is 10.1. The second kappa shape index (κ2) is 5.67. The molecule has 7 nitrogen and oxygen atoms in total. The number of aromatic nitrogens is 2. The Labute approximate surface area is 115 Å². The minimum Gasteiger partial charge on any atom is -0.382 e. The fourth-order valence-electron chi connectivity index (χ4n) is 1.58. The van der Waals surface area contributed by atoms with Crippen molar-refractivity contribution >= 4 is 17.2 Å². The van der Waals surface area contributed by atoms with Crippen LogP contribution in [0.15, 0.2) is 41.6 Å². The summed E-state index contributed by atoms with van der Waals surface area (Å²) in [6, 6.07) is 11.1. The molecule has 0 bridgehead atoms. The predicted octanol–water partition coefficient (Wildman–Crippen LogP) is 1.31. The Morgan fingerprint density at radius 1 is 1.50 bits per heavy atom. The van der Waals surface area contributed by atoms with Gasteiger partial charge >= 0.3 is 0 Å². The number of rotatable bonds is 4. The lowest BCUT2D eigenvalue weighted by molar-refractivity contribution is 0.771. The predicted molar refractivity (Wildman–Crippen MR) is 77.2 cm³/mol. The highest BCUT2D eigenvalue weighted by atomic mass is 15.3. The zero-order valence-corrected chi connectivity index (χ0v) is 10.8. The van der Waals surface area contributed by atoms with Gasteiger partial charge in [0, 0.05) is 18.8 Å². The van der Waals surface area contributed by atoms with E-state index in [0.29, 0.717) is 5.69 Å². The first-order valence-corrected chi connectivity index (χ1v) is 5.78. The molecule has 1 aromatic carbocycles. The number of anilines is 1. The van der Waals surface area contributed by atoms with E-state index in [1.165, 1.54) is 0 Å². The quantitative estimate of drug-likeness (QED) is 0.440. The molecule has 1 heterocycles. The molecule has 0 aliphatic heterocycles. The minimum absolute atomic E-state index is 0.159. The summed E-state index contributed by atoms with van der Waals surface area (Å²) in [7, 11) is 1.85. The zero-order chi connectivity index (χ0) is 14.5. The summed E-state index contributed by atoms with van der Waals surface area (Å²) in [6.45, 7) is 0. The average molecular weight is 267 g/mol. The van der Waals surface area contributed by atoms with E-state index in [4.69, 9.17) is 16.4 Å². The van der Waals surface area contributed by atoms with Gasteiger partial charge in [0.15, 0.2) is 5.84 Å². The summed E-state index contributed by atoms with van der Waals surface area (Å²) in [5.41, 5.74) is 10.2. The molecule has 100 valence electrons. The number of benzene rings is 1. The van der Waals surface area contributed by atoms with Gasteiger partial charge < -0.3 is 5.73 Å². The van der Waals surface area contributed by atoms with E-state index in [2.05, 4.69) is 15.6 Å². The number of nitriles is 1. The van der Waals surface area contributed by atoms with Gasteiger partial charge in [0.1, 0.15) is 6.07 Å². The van der Waals surface area contributed by atoms with Crippen LogP contribution in [0.2, 0.25) is 0 Å². The van der Waals surface area contributed by atoms with Gasteiger partial charge in [-0.25, -0.2) is 0 Å². The fourth-order valence-corrected chi connectivity index (χ4v) is 1.58. The lowest BCUT2D eigenvalue weighted by Crippen LogP contribution is -2.21. The van der Waals surface area contributed by atoms with Crippen LogP contribution in [0.25, 0.3) is 11.3 Å². The second-order valence-corrected chi connectivity index (χ2v) is 4.05. The highest BCUT2D eigenvalue weighted by Crippen LogP contribution is 2.20. The van der Waals surface area contributed by atoms with Crippen LogP contribution in [0, 0.1) is 16.7 Å². The highest BCUT2D eigenvalue weighted by molar-refractivity contribution is 6.45. The lowest BCUT2D eigenvalue weighted by Gasteiger charge is -2.03. The summed E-state index contributed by atoms with van der Waals surface area (Å²) in [6.07, 6.45) is 1.86. The molecule has 0 aliphatic rings. The molecular weight excluding hydrogens is 254 g/mol. The van der Waals surface area contributed by atoms with Gasteiger partial charge in [-0.05, 0) is 18.2 Å². The van der Waals surface area contributed by atoms with Crippen LogP contribution in [-0.2, 0) is 7.05 Å². The largest absolute Gasteiger partial charge is 0.382 e. The highest BCUT2D eigenvalue weighted by Gasteiger charge is 2.03. The standard InChI is InChI=1S/C13H13N7/c1-20-6-5-11(19-20)9-3-2-4-10(7-9)17-18-12(8-14)13(15)16/h2-7,17H,1H3,(H3,15,16)/b18-12+. The zero-order valence-electron chi connectivity index (χ0n) is 10.8. The Morgan fingerprint density at radius 2 is 2.30 bits per heavy atom. The van der Waals surface area contributed by atoms with Crippen molar-refractivity contribution in [1.82, 2.24) is 9.78 Å². The number of nitrogens with two attached hydrogens (primary N) is 1. The van der Waals surface area contributed by atoms with Crippen LogP contribution in [0.5, 0.6) is 0 Å². The summed E-state index contributed by atoms with van der Waals surface area (Å²) < 4.78 is 1.72. The van der Waals surface area contributed by atoms with Crippen LogP contribution in [-0.4, -0.2) is 21.3 Å². The van der Waals surface area contributed by atoms with Crippen molar-refractivity contribution in [2.24, 2.45) is 17.9 Å². The third-order valence-corrected chi connectivity index (χ3v) is 2.53. The molecule has 0 unspecified atom stereocenters. The molecule has 2 rings (SSSR count). The maximum atomic E-state index is 8.76. The number of amidine groups is 1. The van der Waals surface area contributed by atoms with E-state index in [1.54, 1.807) is 16.8 Å². The second-order valence-electron chi connectivity index (χ2n) is 4.05. The first-order chi connectivity index (χ1) is 9.60. The van der Waals surface area contributed by atoms with Gasteiger partial charge in [-0.1, -0.05) is 12.1 Å². The molecule has 1 aromatic heterocycles. The molecule has 0 radical (unpaired) electrons. The van der Waals surface area contributed by atoms with Crippen LogP contribution in [0.4, 0.5) is 5.69 Å².